The van der Waals surface area contributed by atoms with Gasteiger partial charge in [-0.05, 0) is 48.6 Å². The first kappa shape index (κ1) is 10.6. The summed E-state index contributed by atoms with van der Waals surface area (Å²) in [7, 11) is 1.66. The Balaban J connectivity index is 2.88. The van der Waals surface area contributed by atoms with Crippen molar-refractivity contribution in [1.82, 2.24) is 0 Å². The van der Waals surface area contributed by atoms with E-state index in [0.717, 1.165) is 15.1 Å². The van der Waals surface area contributed by atoms with E-state index in [1.165, 1.54) is 0 Å². The topological polar surface area (TPSA) is 18.5 Å². The number of methoxy groups -OCH3 is 1. The first-order valence-electron chi connectivity index (χ1n) is 4.13. The van der Waals surface area contributed by atoms with Gasteiger partial charge in [0.05, 0.1) is 13.2 Å². The molecule has 3 heteroatoms. The average Bonchev–Trinajstić information content (AvgIpc) is 2.01. The summed E-state index contributed by atoms with van der Waals surface area (Å²) in [5.41, 5.74) is 0. The van der Waals surface area contributed by atoms with Crippen LogP contribution >= 0.6 is 22.6 Å². The van der Waals surface area contributed by atoms with E-state index in [9.17, 15) is 0 Å². The molecule has 1 aromatic carbocycles. The summed E-state index contributed by atoms with van der Waals surface area (Å²) in [6.45, 7) is 4.01. The highest BCUT2D eigenvalue weighted by Gasteiger charge is 2.01. The third-order valence-electron chi connectivity index (χ3n) is 1.45. The molecule has 0 aromatic heterocycles. The van der Waals surface area contributed by atoms with Crippen molar-refractivity contribution in [3.63, 3.8) is 0 Å². The first-order valence-corrected chi connectivity index (χ1v) is 5.21. The third-order valence-corrected chi connectivity index (χ3v) is 2.08. The van der Waals surface area contributed by atoms with Gasteiger partial charge in [0, 0.05) is 9.64 Å². The van der Waals surface area contributed by atoms with E-state index in [0.29, 0.717) is 0 Å². The van der Waals surface area contributed by atoms with Gasteiger partial charge >= 0.3 is 0 Å². The zero-order valence-corrected chi connectivity index (χ0v) is 10.2. The molecule has 0 heterocycles. The molecule has 0 amide bonds. The zero-order valence-electron chi connectivity index (χ0n) is 8.00. The largest absolute Gasteiger partial charge is 0.497 e. The predicted molar refractivity (Wildman–Crippen MR) is 61.5 cm³/mol. The van der Waals surface area contributed by atoms with Crippen molar-refractivity contribution in [3.8, 4) is 11.5 Å². The Bertz CT molecular complexity index is 284. The molecule has 0 aliphatic heterocycles. The average molecular weight is 292 g/mol. The van der Waals surface area contributed by atoms with E-state index in [1.807, 2.05) is 32.0 Å². The Morgan fingerprint density at radius 3 is 2.31 bits per heavy atom. The Labute approximate surface area is 92.4 Å². The van der Waals surface area contributed by atoms with Gasteiger partial charge in [0.15, 0.2) is 0 Å². The number of rotatable bonds is 3. The van der Waals surface area contributed by atoms with Crippen LogP contribution in [0.1, 0.15) is 13.8 Å². The SMILES string of the molecule is COc1cc(I)cc(OC(C)C)c1. The Morgan fingerprint density at radius 2 is 1.77 bits per heavy atom. The van der Waals surface area contributed by atoms with Crippen LogP contribution in [0, 0.1) is 3.57 Å². The highest BCUT2D eigenvalue weighted by molar-refractivity contribution is 14.1. The van der Waals surface area contributed by atoms with Gasteiger partial charge in [-0.1, -0.05) is 0 Å². The third kappa shape index (κ3) is 3.42. The molecule has 2 nitrogen and oxygen atoms in total. The molecule has 0 bridgehead atoms. The molecular weight excluding hydrogens is 279 g/mol. The van der Waals surface area contributed by atoms with Gasteiger partial charge < -0.3 is 9.47 Å². The maximum atomic E-state index is 5.55. The summed E-state index contributed by atoms with van der Waals surface area (Å²) < 4.78 is 11.8. The highest BCUT2D eigenvalue weighted by atomic mass is 127. The Kier molecular flexibility index (Phi) is 3.84. The van der Waals surface area contributed by atoms with Crippen molar-refractivity contribution in [2.75, 3.05) is 7.11 Å². The van der Waals surface area contributed by atoms with Crippen LogP contribution in [-0.2, 0) is 0 Å². The summed E-state index contributed by atoms with van der Waals surface area (Å²) in [5.74, 6) is 1.70. The van der Waals surface area contributed by atoms with Gasteiger partial charge in [0.25, 0.3) is 0 Å². The summed E-state index contributed by atoms with van der Waals surface area (Å²) in [6.07, 6.45) is 0.197. The number of benzene rings is 1. The van der Waals surface area contributed by atoms with Crippen LogP contribution in [0.5, 0.6) is 11.5 Å². The van der Waals surface area contributed by atoms with Crippen LogP contribution in [0.15, 0.2) is 18.2 Å². The van der Waals surface area contributed by atoms with Crippen LogP contribution in [-0.4, -0.2) is 13.2 Å². The van der Waals surface area contributed by atoms with Crippen LogP contribution in [0.2, 0.25) is 0 Å². The molecule has 0 spiro atoms. The minimum Gasteiger partial charge on any atom is -0.497 e. The van der Waals surface area contributed by atoms with Gasteiger partial charge in [-0.3, -0.25) is 0 Å². The molecule has 0 fully saturated rings. The molecule has 0 aliphatic rings. The van der Waals surface area contributed by atoms with Gasteiger partial charge in [0.1, 0.15) is 11.5 Å². The van der Waals surface area contributed by atoms with E-state index in [2.05, 4.69) is 22.6 Å². The normalized spacial score (nSPS) is 10.2. The molecule has 1 aromatic rings. The molecule has 1 rings (SSSR count). The fourth-order valence-corrected chi connectivity index (χ4v) is 1.61. The van der Waals surface area contributed by atoms with E-state index in [1.54, 1.807) is 7.11 Å². The molecule has 72 valence electrons. The quantitative estimate of drug-likeness (QED) is 0.797. The van der Waals surface area contributed by atoms with Crippen molar-refractivity contribution in [3.05, 3.63) is 21.8 Å². The molecule has 0 radical (unpaired) electrons. The van der Waals surface area contributed by atoms with E-state index >= 15 is 0 Å². The van der Waals surface area contributed by atoms with Crippen molar-refractivity contribution in [1.29, 1.82) is 0 Å². The van der Waals surface area contributed by atoms with Crippen LogP contribution < -0.4 is 9.47 Å². The standard InChI is InChI=1S/C10H13IO2/c1-7(2)13-10-5-8(11)4-9(6-10)12-3/h4-7H,1-3H3. The molecule has 0 saturated carbocycles. The molecule has 0 aliphatic carbocycles. The molecule has 0 N–H and O–H groups in total. The van der Waals surface area contributed by atoms with Crippen molar-refractivity contribution < 1.29 is 9.47 Å². The summed E-state index contributed by atoms with van der Waals surface area (Å²) in [5, 5.41) is 0. The lowest BCUT2D eigenvalue weighted by molar-refractivity contribution is 0.241. The highest BCUT2D eigenvalue weighted by Crippen LogP contribution is 2.24. The smallest absolute Gasteiger partial charge is 0.124 e. The lowest BCUT2D eigenvalue weighted by atomic mass is 10.3. The van der Waals surface area contributed by atoms with Crippen LogP contribution in [0.25, 0.3) is 0 Å². The summed E-state index contributed by atoms with van der Waals surface area (Å²) >= 11 is 2.24. The number of hydrogen-bond acceptors (Lipinski definition) is 2. The van der Waals surface area contributed by atoms with E-state index in [-0.39, 0.29) is 6.10 Å². The number of hydrogen-bond donors (Lipinski definition) is 0. The second-order valence-electron chi connectivity index (χ2n) is 2.99. The Morgan fingerprint density at radius 1 is 1.15 bits per heavy atom. The van der Waals surface area contributed by atoms with E-state index < -0.39 is 0 Å². The number of ether oxygens (including phenoxy) is 2. The lowest BCUT2D eigenvalue weighted by Gasteiger charge is -2.11. The molecule has 0 atom stereocenters. The molecule has 0 saturated heterocycles. The monoisotopic (exact) mass is 292 g/mol. The minimum absolute atomic E-state index is 0.197. The van der Waals surface area contributed by atoms with Crippen molar-refractivity contribution >= 4 is 22.6 Å². The van der Waals surface area contributed by atoms with E-state index in [4.69, 9.17) is 9.47 Å². The minimum atomic E-state index is 0.197. The molecule has 13 heavy (non-hydrogen) atoms. The van der Waals surface area contributed by atoms with Crippen molar-refractivity contribution in [2.24, 2.45) is 0 Å². The van der Waals surface area contributed by atoms with Crippen molar-refractivity contribution in [2.45, 2.75) is 20.0 Å². The second kappa shape index (κ2) is 4.69. The summed E-state index contributed by atoms with van der Waals surface area (Å²) in [6, 6.07) is 5.85. The fourth-order valence-electron chi connectivity index (χ4n) is 0.995. The van der Waals surface area contributed by atoms with Gasteiger partial charge in [-0.25, -0.2) is 0 Å². The maximum Gasteiger partial charge on any atom is 0.124 e. The predicted octanol–water partition coefficient (Wildman–Crippen LogP) is 3.09. The summed E-state index contributed by atoms with van der Waals surface area (Å²) in [4.78, 5) is 0. The maximum absolute atomic E-state index is 5.55. The van der Waals surface area contributed by atoms with Gasteiger partial charge in [-0.15, -0.1) is 0 Å². The zero-order chi connectivity index (χ0) is 9.84. The molecular formula is C10H13IO2. The fraction of sp³-hybridized carbons (Fsp3) is 0.400. The number of halogens is 1. The lowest BCUT2D eigenvalue weighted by Crippen LogP contribution is -2.05. The second-order valence-corrected chi connectivity index (χ2v) is 4.24. The van der Waals surface area contributed by atoms with Gasteiger partial charge in [0.2, 0.25) is 0 Å². The van der Waals surface area contributed by atoms with Gasteiger partial charge in [-0.2, -0.15) is 0 Å². The first-order chi connectivity index (χ1) is 6.11. The van der Waals surface area contributed by atoms with Crippen LogP contribution in [0.3, 0.4) is 0 Å². The molecule has 0 unspecified atom stereocenters. The van der Waals surface area contributed by atoms with Crippen LogP contribution in [0.4, 0.5) is 0 Å². The Hall–Kier alpha value is -0.450.